The van der Waals surface area contributed by atoms with Crippen LogP contribution in [-0.4, -0.2) is 22.6 Å². The first-order chi connectivity index (χ1) is 11.5. The molecular formula is C16H11N3O4S. The molecule has 4 rings (SSSR count). The van der Waals surface area contributed by atoms with Crippen molar-refractivity contribution in [2.75, 3.05) is 16.1 Å². The van der Waals surface area contributed by atoms with Crippen molar-refractivity contribution >= 4 is 40.6 Å². The number of nitrogens with one attached hydrogen (secondary N) is 1. The zero-order chi connectivity index (χ0) is 16.9. The van der Waals surface area contributed by atoms with Gasteiger partial charge in [-0.2, -0.15) is 0 Å². The van der Waals surface area contributed by atoms with E-state index in [1.165, 1.54) is 34.9 Å². The lowest BCUT2D eigenvalue weighted by molar-refractivity contribution is -0.384. The maximum absolute atomic E-state index is 13.1. The fourth-order valence-electron chi connectivity index (χ4n) is 3.03. The number of thioether (sulfide) groups is 1. The van der Waals surface area contributed by atoms with Crippen LogP contribution < -0.4 is 10.2 Å². The van der Waals surface area contributed by atoms with Gasteiger partial charge in [-0.15, -0.1) is 11.8 Å². The summed E-state index contributed by atoms with van der Waals surface area (Å²) in [6, 6.07) is 13.0. The zero-order valence-electron chi connectivity index (χ0n) is 12.3. The number of nitro groups is 1. The van der Waals surface area contributed by atoms with E-state index in [9.17, 15) is 19.7 Å². The van der Waals surface area contributed by atoms with Crippen molar-refractivity contribution in [1.29, 1.82) is 0 Å². The summed E-state index contributed by atoms with van der Waals surface area (Å²) in [5.41, 5.74) is 1.58. The maximum Gasteiger partial charge on any atom is 0.271 e. The number of non-ortho nitro benzene ring substituents is 1. The van der Waals surface area contributed by atoms with Crippen LogP contribution in [0.5, 0.6) is 0 Å². The van der Waals surface area contributed by atoms with E-state index in [0.717, 1.165) is 0 Å². The van der Waals surface area contributed by atoms with Gasteiger partial charge in [0.1, 0.15) is 0 Å². The Labute approximate surface area is 140 Å². The first kappa shape index (κ1) is 14.7. The number of nitrogens with zero attached hydrogens (tertiary/aromatic N) is 2. The normalized spacial score (nSPS) is 21.9. The molecule has 1 saturated heterocycles. The summed E-state index contributed by atoms with van der Waals surface area (Å²) < 4.78 is -1.32. The number of hydrogen-bond acceptors (Lipinski definition) is 5. The smallest absolute Gasteiger partial charge is 0.271 e. The molecule has 0 bridgehead atoms. The van der Waals surface area contributed by atoms with E-state index in [1.54, 1.807) is 30.3 Å². The lowest BCUT2D eigenvalue weighted by Crippen LogP contribution is -2.42. The first-order valence-electron chi connectivity index (χ1n) is 7.15. The summed E-state index contributed by atoms with van der Waals surface area (Å²) in [5.74, 6) is -0.496. The molecule has 2 aliphatic heterocycles. The predicted octanol–water partition coefficient (Wildman–Crippen LogP) is 2.48. The molecule has 0 saturated carbocycles. The minimum absolute atomic E-state index is 0.0949. The Morgan fingerprint density at radius 3 is 2.75 bits per heavy atom. The Kier molecular flexibility index (Phi) is 3.10. The van der Waals surface area contributed by atoms with Crippen molar-refractivity contribution in [3.8, 4) is 0 Å². The highest BCUT2D eigenvalue weighted by atomic mass is 32.2. The van der Waals surface area contributed by atoms with Gasteiger partial charge in [0.25, 0.3) is 17.5 Å². The number of amides is 2. The van der Waals surface area contributed by atoms with E-state index < -0.39 is 9.67 Å². The van der Waals surface area contributed by atoms with Gasteiger partial charge in [0.2, 0.25) is 4.75 Å². The summed E-state index contributed by atoms with van der Waals surface area (Å²) in [6.45, 7) is 0. The third-order valence-corrected chi connectivity index (χ3v) is 5.58. The van der Waals surface area contributed by atoms with Crippen LogP contribution in [0.1, 0.15) is 5.56 Å². The monoisotopic (exact) mass is 341 g/mol. The van der Waals surface area contributed by atoms with Crippen LogP contribution in [0.3, 0.4) is 0 Å². The van der Waals surface area contributed by atoms with Crippen molar-refractivity contribution in [3.05, 3.63) is 64.2 Å². The van der Waals surface area contributed by atoms with Crippen molar-refractivity contribution in [2.24, 2.45) is 0 Å². The van der Waals surface area contributed by atoms with E-state index >= 15 is 0 Å². The summed E-state index contributed by atoms with van der Waals surface area (Å²) >= 11 is 1.22. The summed E-state index contributed by atoms with van der Waals surface area (Å²) in [4.78, 5) is 37.4. The molecule has 120 valence electrons. The molecule has 24 heavy (non-hydrogen) atoms. The molecule has 0 aliphatic carbocycles. The Balaban J connectivity index is 1.77. The van der Waals surface area contributed by atoms with Gasteiger partial charge in [0.15, 0.2) is 0 Å². The lowest BCUT2D eigenvalue weighted by atomic mass is 9.98. The number of anilines is 2. The second kappa shape index (κ2) is 5.07. The highest BCUT2D eigenvalue weighted by Gasteiger charge is 2.59. The third-order valence-electron chi connectivity index (χ3n) is 4.18. The molecule has 0 aromatic heterocycles. The molecule has 1 fully saturated rings. The Hall–Kier alpha value is -2.87. The van der Waals surface area contributed by atoms with E-state index in [4.69, 9.17) is 0 Å². The van der Waals surface area contributed by atoms with Gasteiger partial charge in [0, 0.05) is 23.4 Å². The van der Waals surface area contributed by atoms with Gasteiger partial charge < -0.3 is 10.2 Å². The molecular weight excluding hydrogens is 330 g/mol. The predicted molar refractivity (Wildman–Crippen MR) is 89.8 cm³/mol. The number of fused-ring (bicyclic) bond motifs is 2. The molecule has 7 nitrogen and oxygen atoms in total. The van der Waals surface area contributed by atoms with E-state index in [-0.39, 0.29) is 23.4 Å². The SMILES string of the molecule is O=C1Nc2ccccc2C12SCN(c1cccc([N+](=O)[O-])c1)C2=O. The molecule has 2 heterocycles. The van der Waals surface area contributed by atoms with Crippen LogP contribution in [0.4, 0.5) is 17.1 Å². The second-order valence-corrected chi connectivity index (χ2v) is 6.62. The largest absolute Gasteiger partial charge is 0.324 e. The quantitative estimate of drug-likeness (QED) is 0.515. The van der Waals surface area contributed by atoms with Gasteiger partial charge >= 0.3 is 0 Å². The molecule has 8 heteroatoms. The highest BCUT2D eigenvalue weighted by molar-refractivity contribution is 8.02. The van der Waals surface area contributed by atoms with Crippen LogP contribution in [0.2, 0.25) is 0 Å². The highest BCUT2D eigenvalue weighted by Crippen LogP contribution is 2.52. The van der Waals surface area contributed by atoms with Gasteiger partial charge in [-0.3, -0.25) is 19.7 Å². The number of nitro benzene ring substituents is 1. The van der Waals surface area contributed by atoms with Crippen LogP contribution in [0.15, 0.2) is 48.5 Å². The Morgan fingerprint density at radius 1 is 1.17 bits per heavy atom. The summed E-state index contributed by atoms with van der Waals surface area (Å²) in [6.07, 6.45) is 0. The molecule has 1 atom stereocenters. The van der Waals surface area contributed by atoms with Crippen molar-refractivity contribution in [2.45, 2.75) is 4.75 Å². The van der Waals surface area contributed by atoms with Crippen molar-refractivity contribution in [1.82, 2.24) is 0 Å². The molecule has 0 radical (unpaired) electrons. The number of carbonyl (C=O) groups excluding carboxylic acids is 2. The topological polar surface area (TPSA) is 92.6 Å². The summed E-state index contributed by atoms with van der Waals surface area (Å²) in [7, 11) is 0. The van der Waals surface area contributed by atoms with Gasteiger partial charge in [0.05, 0.1) is 16.5 Å². The average Bonchev–Trinajstić information content (AvgIpc) is 3.07. The molecule has 1 N–H and O–H groups in total. The first-order valence-corrected chi connectivity index (χ1v) is 8.14. The van der Waals surface area contributed by atoms with Crippen molar-refractivity contribution < 1.29 is 14.5 Å². The Bertz CT molecular complexity index is 900. The Morgan fingerprint density at radius 2 is 1.96 bits per heavy atom. The molecule has 2 amide bonds. The summed E-state index contributed by atoms with van der Waals surface area (Å²) in [5, 5.41) is 13.7. The van der Waals surface area contributed by atoms with Crippen LogP contribution >= 0.6 is 11.8 Å². The number of benzene rings is 2. The number of carbonyl (C=O) groups is 2. The van der Waals surface area contributed by atoms with E-state index in [0.29, 0.717) is 16.9 Å². The number of para-hydroxylation sites is 1. The molecule has 1 unspecified atom stereocenters. The van der Waals surface area contributed by atoms with Gasteiger partial charge in [-0.05, 0) is 12.1 Å². The van der Waals surface area contributed by atoms with Crippen molar-refractivity contribution in [3.63, 3.8) is 0 Å². The minimum atomic E-state index is -1.32. The number of rotatable bonds is 2. The second-order valence-electron chi connectivity index (χ2n) is 5.46. The van der Waals surface area contributed by atoms with Crippen LogP contribution in [0.25, 0.3) is 0 Å². The fourth-order valence-corrected chi connectivity index (χ4v) is 4.36. The molecule has 2 aliphatic rings. The van der Waals surface area contributed by atoms with Gasteiger partial charge in [-0.25, -0.2) is 0 Å². The van der Waals surface area contributed by atoms with E-state index in [1.807, 2.05) is 0 Å². The molecule has 2 aromatic carbocycles. The number of hydrogen-bond donors (Lipinski definition) is 1. The average molecular weight is 341 g/mol. The third kappa shape index (κ3) is 1.86. The fraction of sp³-hybridized carbons (Fsp3) is 0.125. The standard InChI is InChI=1S/C16H11N3O4S/c20-14-16(12-6-1-2-7-13(12)17-14)15(21)18(9-24-16)10-4-3-5-11(8-10)19(22)23/h1-8H,9H2,(H,17,20). The molecule has 1 spiro atoms. The van der Waals surface area contributed by atoms with Crippen LogP contribution in [0, 0.1) is 10.1 Å². The zero-order valence-corrected chi connectivity index (χ0v) is 13.1. The van der Waals surface area contributed by atoms with E-state index in [2.05, 4.69) is 5.32 Å². The maximum atomic E-state index is 13.1. The molecule has 2 aromatic rings. The van der Waals surface area contributed by atoms with Crippen LogP contribution in [-0.2, 0) is 14.3 Å². The van der Waals surface area contributed by atoms with Gasteiger partial charge in [-0.1, -0.05) is 24.3 Å². The minimum Gasteiger partial charge on any atom is -0.324 e. The lowest BCUT2D eigenvalue weighted by Gasteiger charge is -2.20.